The number of thiophene rings is 1. The molecular formula is C23H16BrN3O2S2. The standard InChI is InChI=1S/C23H16BrN3O2S2/c24-19-11-15(29-23(19)30-16-6-2-1-3-7-16)10-14(12-25)21(28)27-22-18(13-26)17-8-4-5-9-20(17)31-22/h1-3,6-7,10-11H,4-5,8-9H2,(H,27,28)/b14-10+. The average Bonchev–Trinajstić information content (AvgIpc) is 3.31. The molecule has 4 rings (SSSR count). The molecule has 0 atom stereocenters. The van der Waals surface area contributed by atoms with Gasteiger partial charge in [0.2, 0.25) is 0 Å². The van der Waals surface area contributed by atoms with E-state index in [1.807, 2.05) is 36.4 Å². The fourth-order valence-electron chi connectivity index (χ4n) is 3.34. The number of carbonyl (C=O) groups is 1. The number of halogens is 1. The van der Waals surface area contributed by atoms with E-state index in [0.717, 1.165) is 45.5 Å². The monoisotopic (exact) mass is 509 g/mol. The third kappa shape index (κ3) is 4.77. The average molecular weight is 510 g/mol. The highest BCUT2D eigenvalue weighted by molar-refractivity contribution is 9.10. The van der Waals surface area contributed by atoms with Crippen LogP contribution < -0.4 is 5.32 Å². The van der Waals surface area contributed by atoms with E-state index in [1.54, 1.807) is 6.07 Å². The summed E-state index contributed by atoms with van der Waals surface area (Å²) in [6, 6.07) is 15.6. The first-order chi connectivity index (χ1) is 15.1. The quantitative estimate of drug-likeness (QED) is 0.311. The van der Waals surface area contributed by atoms with Gasteiger partial charge in [-0.25, -0.2) is 0 Å². The lowest BCUT2D eigenvalue weighted by Gasteiger charge is -2.09. The Morgan fingerprint density at radius 3 is 2.74 bits per heavy atom. The number of nitrogens with zero attached hydrogens (tertiary/aromatic N) is 2. The van der Waals surface area contributed by atoms with Gasteiger partial charge in [-0.05, 0) is 65.4 Å². The van der Waals surface area contributed by atoms with Crippen molar-refractivity contribution in [2.75, 3.05) is 5.32 Å². The molecule has 0 bridgehead atoms. The number of hydrogen-bond acceptors (Lipinski definition) is 6. The van der Waals surface area contributed by atoms with Crippen LogP contribution >= 0.6 is 39.0 Å². The van der Waals surface area contributed by atoms with E-state index in [2.05, 4.69) is 27.3 Å². The highest BCUT2D eigenvalue weighted by Gasteiger charge is 2.23. The zero-order chi connectivity index (χ0) is 21.8. The Morgan fingerprint density at radius 1 is 1.23 bits per heavy atom. The molecule has 2 heterocycles. The molecule has 0 spiro atoms. The summed E-state index contributed by atoms with van der Waals surface area (Å²) in [5.41, 5.74) is 1.47. The number of nitriles is 2. The molecule has 1 aliphatic rings. The number of fused-ring (bicyclic) bond motifs is 1. The van der Waals surface area contributed by atoms with Gasteiger partial charge in [0.15, 0.2) is 5.09 Å². The van der Waals surface area contributed by atoms with Gasteiger partial charge in [-0.1, -0.05) is 30.0 Å². The Labute approximate surface area is 196 Å². The first-order valence-electron chi connectivity index (χ1n) is 9.59. The summed E-state index contributed by atoms with van der Waals surface area (Å²) in [4.78, 5) is 14.9. The maximum Gasteiger partial charge on any atom is 0.267 e. The van der Waals surface area contributed by atoms with Crippen molar-refractivity contribution >= 4 is 56.0 Å². The minimum atomic E-state index is -0.553. The fourth-order valence-corrected chi connectivity index (χ4v) is 5.92. The van der Waals surface area contributed by atoms with Gasteiger partial charge in [0.1, 0.15) is 28.5 Å². The van der Waals surface area contributed by atoms with Crippen LogP contribution in [0, 0.1) is 22.7 Å². The lowest BCUT2D eigenvalue weighted by atomic mass is 9.96. The summed E-state index contributed by atoms with van der Waals surface area (Å²) in [7, 11) is 0. The van der Waals surface area contributed by atoms with Crippen LogP contribution in [0.4, 0.5) is 5.00 Å². The van der Waals surface area contributed by atoms with Crippen LogP contribution in [0.3, 0.4) is 0 Å². The molecule has 0 fully saturated rings. The van der Waals surface area contributed by atoms with E-state index in [-0.39, 0.29) is 5.57 Å². The molecule has 1 aliphatic carbocycles. The molecular weight excluding hydrogens is 494 g/mol. The highest BCUT2D eigenvalue weighted by Crippen LogP contribution is 2.38. The van der Waals surface area contributed by atoms with Crippen LogP contribution in [0.25, 0.3) is 6.08 Å². The van der Waals surface area contributed by atoms with Gasteiger partial charge in [0.05, 0.1) is 10.0 Å². The lowest BCUT2D eigenvalue weighted by molar-refractivity contribution is -0.112. The Bertz CT molecular complexity index is 1250. The van der Waals surface area contributed by atoms with E-state index in [0.29, 0.717) is 21.4 Å². The number of hydrogen-bond donors (Lipinski definition) is 1. The normalized spacial score (nSPS) is 13.2. The van der Waals surface area contributed by atoms with Gasteiger partial charge in [-0.2, -0.15) is 10.5 Å². The molecule has 0 saturated carbocycles. The van der Waals surface area contributed by atoms with Crippen molar-refractivity contribution in [3.63, 3.8) is 0 Å². The number of anilines is 1. The molecule has 3 aromatic rings. The second-order valence-electron chi connectivity index (χ2n) is 6.85. The topological polar surface area (TPSA) is 89.8 Å². The van der Waals surface area contributed by atoms with Crippen molar-refractivity contribution in [1.82, 2.24) is 0 Å². The van der Waals surface area contributed by atoms with E-state index in [1.165, 1.54) is 29.2 Å². The Balaban J connectivity index is 1.55. The Hall–Kier alpha value is -2.78. The molecule has 5 nitrogen and oxygen atoms in total. The molecule has 0 aliphatic heterocycles. The molecule has 2 aromatic heterocycles. The van der Waals surface area contributed by atoms with Crippen LogP contribution in [-0.2, 0) is 17.6 Å². The molecule has 31 heavy (non-hydrogen) atoms. The zero-order valence-corrected chi connectivity index (χ0v) is 19.5. The smallest absolute Gasteiger partial charge is 0.267 e. The van der Waals surface area contributed by atoms with Crippen LogP contribution in [0.15, 0.2) is 60.8 Å². The summed E-state index contributed by atoms with van der Waals surface area (Å²) in [6.45, 7) is 0. The maximum absolute atomic E-state index is 12.7. The number of aryl methyl sites for hydroxylation is 1. The van der Waals surface area contributed by atoms with E-state index in [4.69, 9.17) is 4.42 Å². The predicted octanol–water partition coefficient (Wildman–Crippen LogP) is 6.55. The molecule has 1 N–H and O–H groups in total. The molecule has 1 aromatic carbocycles. The second-order valence-corrected chi connectivity index (χ2v) is 9.86. The van der Waals surface area contributed by atoms with E-state index < -0.39 is 5.91 Å². The minimum Gasteiger partial charge on any atom is -0.449 e. The molecule has 0 radical (unpaired) electrons. The summed E-state index contributed by atoms with van der Waals surface area (Å²) in [5.74, 6) is -0.162. The van der Waals surface area contributed by atoms with Crippen molar-refractivity contribution in [3.8, 4) is 12.1 Å². The highest BCUT2D eigenvalue weighted by atomic mass is 79.9. The largest absolute Gasteiger partial charge is 0.449 e. The number of amides is 1. The summed E-state index contributed by atoms with van der Waals surface area (Å²) in [5, 5.41) is 23.0. The van der Waals surface area contributed by atoms with Crippen molar-refractivity contribution in [2.24, 2.45) is 0 Å². The number of furan rings is 1. The lowest BCUT2D eigenvalue weighted by Crippen LogP contribution is -2.13. The number of rotatable bonds is 5. The van der Waals surface area contributed by atoms with Crippen LogP contribution in [0.1, 0.15) is 34.6 Å². The van der Waals surface area contributed by atoms with Gasteiger partial charge >= 0.3 is 0 Å². The molecule has 154 valence electrons. The summed E-state index contributed by atoms with van der Waals surface area (Å²) in [6.07, 6.45) is 5.33. The number of nitrogens with one attached hydrogen (secondary N) is 1. The van der Waals surface area contributed by atoms with Gasteiger partial charge < -0.3 is 9.73 Å². The second kappa shape index (κ2) is 9.57. The molecule has 0 unspecified atom stereocenters. The third-order valence-electron chi connectivity index (χ3n) is 4.79. The molecule has 8 heteroatoms. The van der Waals surface area contributed by atoms with Gasteiger partial charge in [-0.3, -0.25) is 4.79 Å². The Morgan fingerprint density at radius 2 is 2.00 bits per heavy atom. The van der Waals surface area contributed by atoms with Crippen molar-refractivity contribution in [1.29, 1.82) is 10.5 Å². The number of carbonyl (C=O) groups excluding carboxylic acids is 1. The third-order valence-corrected chi connectivity index (χ3v) is 7.85. The van der Waals surface area contributed by atoms with Crippen LogP contribution in [-0.4, -0.2) is 5.91 Å². The fraction of sp³-hybridized carbons (Fsp3) is 0.174. The zero-order valence-electron chi connectivity index (χ0n) is 16.3. The Kier molecular flexibility index (Phi) is 6.62. The van der Waals surface area contributed by atoms with Gasteiger partial charge in [0, 0.05) is 15.8 Å². The maximum atomic E-state index is 12.7. The SMILES string of the molecule is N#C/C(=C\c1cc(Br)c(Sc2ccccc2)o1)C(=O)Nc1sc2c(c1C#N)CCCC2. The van der Waals surface area contributed by atoms with Gasteiger partial charge in [-0.15, -0.1) is 11.3 Å². The minimum absolute atomic E-state index is 0.0900. The summed E-state index contributed by atoms with van der Waals surface area (Å²) < 4.78 is 6.56. The van der Waals surface area contributed by atoms with Crippen molar-refractivity contribution in [3.05, 3.63) is 68.2 Å². The molecule has 1 amide bonds. The van der Waals surface area contributed by atoms with E-state index >= 15 is 0 Å². The first kappa shape index (κ1) is 21.5. The van der Waals surface area contributed by atoms with Crippen LogP contribution in [0.2, 0.25) is 0 Å². The first-order valence-corrected chi connectivity index (χ1v) is 12.0. The van der Waals surface area contributed by atoms with Crippen LogP contribution in [0.5, 0.6) is 0 Å². The predicted molar refractivity (Wildman–Crippen MR) is 125 cm³/mol. The summed E-state index contributed by atoms with van der Waals surface area (Å²) >= 11 is 6.34. The number of benzene rings is 1. The van der Waals surface area contributed by atoms with Gasteiger partial charge in [0.25, 0.3) is 5.91 Å². The van der Waals surface area contributed by atoms with Crippen molar-refractivity contribution in [2.45, 2.75) is 35.7 Å². The van der Waals surface area contributed by atoms with E-state index in [9.17, 15) is 15.3 Å². The van der Waals surface area contributed by atoms with Crippen molar-refractivity contribution < 1.29 is 9.21 Å². The molecule has 0 saturated heterocycles.